The van der Waals surface area contributed by atoms with Crippen LogP contribution in [0.2, 0.25) is 0 Å². The van der Waals surface area contributed by atoms with Crippen LogP contribution in [-0.4, -0.2) is 30.2 Å². The molecule has 0 aliphatic carbocycles. The molecule has 2 aromatic carbocycles. The van der Waals surface area contributed by atoms with Crippen molar-refractivity contribution in [3.05, 3.63) is 77.6 Å². The van der Waals surface area contributed by atoms with E-state index < -0.39 is 0 Å². The highest BCUT2D eigenvalue weighted by Crippen LogP contribution is 2.32. The zero-order chi connectivity index (χ0) is 22.9. The van der Waals surface area contributed by atoms with Gasteiger partial charge in [0.15, 0.2) is 11.5 Å². The lowest BCUT2D eigenvalue weighted by Crippen LogP contribution is -2.16. The predicted molar refractivity (Wildman–Crippen MR) is 126 cm³/mol. The van der Waals surface area contributed by atoms with Crippen molar-refractivity contribution in [2.75, 3.05) is 18.5 Å². The second kappa shape index (κ2) is 11.3. The summed E-state index contributed by atoms with van der Waals surface area (Å²) in [6, 6.07) is 18.4. The molecule has 0 spiro atoms. The van der Waals surface area contributed by atoms with Gasteiger partial charge < -0.3 is 19.5 Å². The maximum Gasteiger partial charge on any atom is 0.257 e. The van der Waals surface area contributed by atoms with E-state index in [1.807, 2.05) is 82.3 Å². The molecule has 32 heavy (non-hydrogen) atoms. The number of hydrogen-bond donors (Lipinski definition) is 1. The third-order valence-electron chi connectivity index (χ3n) is 4.80. The monoisotopic (exact) mass is 434 g/mol. The normalized spacial score (nSPS) is 11.6. The van der Waals surface area contributed by atoms with Crippen LogP contribution in [-0.2, 0) is 11.2 Å². The average molecular weight is 435 g/mol. The number of pyridine rings is 1. The highest BCUT2D eigenvalue weighted by Gasteiger charge is 2.13. The van der Waals surface area contributed by atoms with Crippen molar-refractivity contribution in [1.82, 2.24) is 4.98 Å². The van der Waals surface area contributed by atoms with E-state index in [1.165, 1.54) is 0 Å². The second-order valence-corrected chi connectivity index (χ2v) is 7.37. The van der Waals surface area contributed by atoms with Gasteiger partial charge in [0.2, 0.25) is 0 Å². The van der Waals surface area contributed by atoms with Crippen LogP contribution in [0.15, 0.2) is 60.7 Å². The smallest absolute Gasteiger partial charge is 0.257 e. The van der Waals surface area contributed by atoms with Crippen LogP contribution in [0.5, 0.6) is 17.2 Å². The van der Waals surface area contributed by atoms with E-state index in [0.29, 0.717) is 53.8 Å². The van der Waals surface area contributed by atoms with Crippen molar-refractivity contribution in [3.63, 3.8) is 0 Å². The van der Waals surface area contributed by atoms with Crippen molar-refractivity contribution in [3.8, 4) is 17.2 Å². The predicted octanol–water partition coefficient (Wildman–Crippen LogP) is 5.80. The summed E-state index contributed by atoms with van der Waals surface area (Å²) in [7, 11) is 0. The first-order chi connectivity index (χ1) is 15.5. The zero-order valence-electron chi connectivity index (χ0n) is 19.1. The van der Waals surface area contributed by atoms with E-state index in [9.17, 15) is 4.79 Å². The number of aromatic nitrogens is 1. The molecule has 3 rings (SSSR count). The van der Waals surface area contributed by atoms with Gasteiger partial charge in [0, 0.05) is 30.5 Å². The Kier molecular flexibility index (Phi) is 8.22. The molecule has 6 nitrogen and oxygen atoms in total. The molecule has 3 aromatic rings. The number of rotatable bonds is 10. The van der Waals surface area contributed by atoms with Gasteiger partial charge in [-0.15, -0.1) is 0 Å². The first kappa shape index (κ1) is 23.3. The van der Waals surface area contributed by atoms with E-state index >= 15 is 0 Å². The van der Waals surface area contributed by atoms with Crippen LogP contribution in [0.3, 0.4) is 0 Å². The Bertz CT molecular complexity index is 1050. The van der Waals surface area contributed by atoms with Crippen molar-refractivity contribution >= 4 is 11.6 Å². The van der Waals surface area contributed by atoms with Crippen molar-refractivity contribution in [1.29, 1.82) is 0 Å². The second-order valence-electron chi connectivity index (χ2n) is 7.37. The van der Waals surface area contributed by atoms with Crippen LogP contribution < -0.4 is 14.8 Å². The summed E-state index contributed by atoms with van der Waals surface area (Å²) in [6.45, 7) is 8.97. The van der Waals surface area contributed by atoms with Gasteiger partial charge >= 0.3 is 0 Å². The SMILES string of the molecule is CCOc1ccccc1Oc1cccc(NC(=O)c2ccc(CC(C)OCC)nc2C)c1. The highest BCUT2D eigenvalue weighted by atomic mass is 16.5. The fourth-order valence-corrected chi connectivity index (χ4v) is 3.38. The van der Waals surface area contributed by atoms with Gasteiger partial charge in [-0.3, -0.25) is 9.78 Å². The van der Waals surface area contributed by atoms with Gasteiger partial charge in [-0.05, 0) is 64.1 Å². The van der Waals surface area contributed by atoms with E-state index in [2.05, 4.69) is 10.3 Å². The minimum Gasteiger partial charge on any atom is -0.490 e. The van der Waals surface area contributed by atoms with Crippen molar-refractivity contribution in [2.24, 2.45) is 0 Å². The third kappa shape index (κ3) is 6.31. The van der Waals surface area contributed by atoms with E-state index in [4.69, 9.17) is 14.2 Å². The average Bonchev–Trinajstić information content (AvgIpc) is 2.76. The Morgan fingerprint density at radius 3 is 2.50 bits per heavy atom. The Labute approximate surface area is 189 Å². The number of benzene rings is 2. The molecule has 0 radical (unpaired) electrons. The lowest BCUT2D eigenvalue weighted by Gasteiger charge is -2.14. The summed E-state index contributed by atoms with van der Waals surface area (Å²) >= 11 is 0. The number of aryl methyl sites for hydroxylation is 1. The lowest BCUT2D eigenvalue weighted by molar-refractivity contribution is 0.0761. The quantitative estimate of drug-likeness (QED) is 0.437. The Morgan fingerprint density at radius 2 is 1.78 bits per heavy atom. The van der Waals surface area contributed by atoms with Gasteiger partial charge in [0.05, 0.1) is 24.0 Å². The molecule has 1 unspecified atom stereocenters. The molecule has 0 aliphatic rings. The largest absolute Gasteiger partial charge is 0.490 e. The standard InChI is InChI=1S/C26H30N2O4/c1-5-30-18(3)16-21-14-15-23(19(4)27-21)26(29)28-20-10-9-11-22(17-20)32-25-13-8-7-12-24(25)31-6-2/h7-15,17-18H,5-6,16H2,1-4H3,(H,28,29). The van der Waals surface area contributed by atoms with Crippen molar-refractivity contribution in [2.45, 2.75) is 40.2 Å². The molecule has 168 valence electrons. The fourth-order valence-electron chi connectivity index (χ4n) is 3.38. The summed E-state index contributed by atoms with van der Waals surface area (Å²) in [5.74, 6) is 1.68. The number of nitrogens with one attached hydrogen (secondary N) is 1. The Balaban J connectivity index is 1.70. The molecular weight excluding hydrogens is 404 g/mol. The topological polar surface area (TPSA) is 69.7 Å². The van der Waals surface area contributed by atoms with E-state index in [0.717, 1.165) is 5.69 Å². The zero-order valence-corrected chi connectivity index (χ0v) is 19.1. The number of para-hydroxylation sites is 2. The van der Waals surface area contributed by atoms with E-state index in [1.54, 1.807) is 6.07 Å². The maximum absolute atomic E-state index is 12.8. The number of ether oxygens (including phenoxy) is 3. The number of amides is 1. The first-order valence-corrected chi connectivity index (χ1v) is 10.9. The molecule has 1 aromatic heterocycles. The summed E-state index contributed by atoms with van der Waals surface area (Å²) in [5.41, 5.74) is 2.76. The first-order valence-electron chi connectivity index (χ1n) is 10.9. The van der Waals surface area contributed by atoms with Crippen LogP contribution >= 0.6 is 0 Å². The number of anilines is 1. The number of carbonyl (C=O) groups excluding carboxylic acids is 1. The fraction of sp³-hybridized carbons (Fsp3) is 0.308. The molecule has 0 saturated carbocycles. The molecule has 6 heteroatoms. The summed E-state index contributed by atoms with van der Waals surface area (Å²) < 4.78 is 17.2. The minimum absolute atomic E-state index is 0.0853. The third-order valence-corrected chi connectivity index (χ3v) is 4.80. The van der Waals surface area contributed by atoms with Crippen LogP contribution in [0.4, 0.5) is 5.69 Å². The van der Waals surface area contributed by atoms with E-state index in [-0.39, 0.29) is 12.0 Å². The van der Waals surface area contributed by atoms with Crippen LogP contribution in [0.1, 0.15) is 42.5 Å². The molecule has 1 amide bonds. The van der Waals surface area contributed by atoms with Gasteiger partial charge in [0.25, 0.3) is 5.91 Å². The molecule has 0 bridgehead atoms. The number of nitrogens with zero attached hydrogens (tertiary/aromatic N) is 1. The Morgan fingerprint density at radius 1 is 1.00 bits per heavy atom. The minimum atomic E-state index is -0.216. The molecule has 0 saturated heterocycles. The Hall–Kier alpha value is -3.38. The molecular formula is C26H30N2O4. The number of hydrogen-bond acceptors (Lipinski definition) is 5. The molecule has 1 atom stereocenters. The van der Waals surface area contributed by atoms with Gasteiger partial charge in [0.1, 0.15) is 5.75 Å². The maximum atomic E-state index is 12.8. The molecule has 0 fully saturated rings. The van der Waals surface area contributed by atoms with Gasteiger partial charge in [-0.2, -0.15) is 0 Å². The molecule has 1 heterocycles. The van der Waals surface area contributed by atoms with Crippen molar-refractivity contribution < 1.29 is 19.0 Å². The lowest BCUT2D eigenvalue weighted by atomic mass is 10.1. The molecule has 0 aliphatic heterocycles. The molecule has 1 N–H and O–H groups in total. The highest BCUT2D eigenvalue weighted by molar-refractivity contribution is 6.05. The number of carbonyl (C=O) groups is 1. The summed E-state index contributed by atoms with van der Waals surface area (Å²) in [6.07, 6.45) is 0.793. The summed E-state index contributed by atoms with van der Waals surface area (Å²) in [5, 5.41) is 2.93. The van der Waals surface area contributed by atoms with Gasteiger partial charge in [-0.1, -0.05) is 18.2 Å². The van der Waals surface area contributed by atoms with Crippen LogP contribution in [0.25, 0.3) is 0 Å². The van der Waals surface area contributed by atoms with Gasteiger partial charge in [-0.25, -0.2) is 0 Å². The van der Waals surface area contributed by atoms with Crippen LogP contribution in [0, 0.1) is 6.92 Å². The summed E-state index contributed by atoms with van der Waals surface area (Å²) in [4.78, 5) is 17.4.